The van der Waals surface area contributed by atoms with Crippen molar-refractivity contribution in [1.29, 1.82) is 0 Å². The van der Waals surface area contributed by atoms with E-state index in [4.69, 9.17) is 9.47 Å². The minimum absolute atomic E-state index is 0.111. The van der Waals surface area contributed by atoms with Crippen molar-refractivity contribution in [2.75, 3.05) is 77.0 Å². The Morgan fingerprint density at radius 1 is 0.709 bits per heavy atom. The fraction of sp³-hybridized carbons (Fsp3) is 0.566. The summed E-state index contributed by atoms with van der Waals surface area (Å²) in [6.45, 7) is 7.13. The van der Waals surface area contributed by atoms with Crippen LogP contribution in [-0.4, -0.2) is 204 Å². The largest absolute Gasteiger partial charge is 0.481 e. The summed E-state index contributed by atoms with van der Waals surface area (Å²) in [5.74, 6) is -8.94. The second kappa shape index (κ2) is 28.9. The van der Waals surface area contributed by atoms with Gasteiger partial charge in [0.1, 0.15) is 30.2 Å². The third kappa shape index (κ3) is 17.7. The van der Waals surface area contributed by atoms with Crippen LogP contribution < -0.4 is 36.8 Å². The van der Waals surface area contributed by atoms with Crippen molar-refractivity contribution in [3.63, 3.8) is 0 Å². The molecule has 0 aromatic heterocycles. The van der Waals surface area contributed by atoms with E-state index in [-0.39, 0.29) is 51.8 Å². The van der Waals surface area contributed by atoms with Gasteiger partial charge in [0.25, 0.3) is 0 Å². The SMILES string of the molecule is CCOC1OC(=O)CC1NC(=O)[C@@H]1Cc2cccc3c2N1C(=O)[C@@H](NC(=O)[C@@H](NC(=O)CNC(=O)CNC(=O)[C@H](CCC(=O)O)NC(=O)Cc1ccc(CN2CCN(CC(=O)O)CCN(CC(=O)O)CC2)cc1)[C@@H](C)CC)CC3. The lowest BCUT2D eigenvalue weighted by molar-refractivity contribution is -0.164. The Balaban J connectivity index is 0.984. The quantitative estimate of drug-likeness (QED) is 0.0465. The van der Waals surface area contributed by atoms with Gasteiger partial charge in [-0.1, -0.05) is 62.7 Å². The van der Waals surface area contributed by atoms with Gasteiger partial charge in [-0.05, 0) is 54.4 Å². The lowest BCUT2D eigenvalue weighted by Crippen LogP contribution is -2.59. The van der Waals surface area contributed by atoms with Gasteiger partial charge in [-0.15, -0.1) is 0 Å². The van der Waals surface area contributed by atoms with E-state index in [0.717, 1.165) is 16.7 Å². The molecule has 0 bridgehead atoms. The Hall–Kier alpha value is -7.55. The van der Waals surface area contributed by atoms with E-state index in [1.54, 1.807) is 42.7 Å². The number of ether oxygens (including phenoxy) is 2. The topological polar surface area (TPSA) is 352 Å². The molecule has 4 heterocycles. The van der Waals surface area contributed by atoms with Gasteiger partial charge in [-0.2, -0.15) is 0 Å². The number of carbonyl (C=O) groups is 11. The molecule has 0 radical (unpaired) electrons. The standard InChI is InChI=1S/C53H72N10O16/c1-4-31(3)47(51(76)57-37-14-13-34-7-6-8-35-24-39(63(48(34)35)52(37)77)50(75)58-38-25-46(73)79-53(38)78-5-2)59-42(66)27-54-41(65)26-55-49(74)36(15-16-43(67)68)56-40(64)23-32-9-11-33(12-10-32)28-60-17-19-61(29-44(69)70)21-22-62(20-18-60)30-45(71)72/h6-12,31,36-39,47,53H,4-5,13-30H2,1-3H3,(H,54,65)(H,55,74)(H,56,64)(H,57,76)(H,58,75)(H,59,66)(H,67,68)(H,69,70)(H,71,72)/t31-,36-,37-,38?,39-,47-,53?/m0/s1. The molecule has 2 aromatic rings. The molecule has 26 nitrogen and oxygen atoms in total. The molecule has 2 aromatic carbocycles. The predicted molar refractivity (Wildman–Crippen MR) is 280 cm³/mol. The van der Waals surface area contributed by atoms with Crippen LogP contribution in [0.15, 0.2) is 42.5 Å². The van der Waals surface area contributed by atoms with Crippen LogP contribution >= 0.6 is 0 Å². The fourth-order valence-electron chi connectivity index (χ4n) is 9.97. The van der Waals surface area contributed by atoms with Crippen LogP contribution in [0, 0.1) is 5.92 Å². The van der Waals surface area contributed by atoms with Crippen LogP contribution in [-0.2, 0) is 88.0 Å². The number of carbonyl (C=O) groups excluding carboxylic acids is 8. The zero-order valence-corrected chi connectivity index (χ0v) is 44.7. The maximum absolute atomic E-state index is 14.4. The fourth-order valence-corrected chi connectivity index (χ4v) is 9.97. The van der Waals surface area contributed by atoms with Gasteiger partial charge in [0, 0.05) is 65.3 Å². The number of anilines is 1. The molecule has 2 saturated heterocycles. The van der Waals surface area contributed by atoms with Crippen LogP contribution in [0.25, 0.3) is 0 Å². The number of aryl methyl sites for hydroxylation is 1. The highest BCUT2D eigenvalue weighted by Crippen LogP contribution is 2.39. The number of hydrogen-bond acceptors (Lipinski definition) is 16. The average Bonchev–Trinajstić information content (AvgIpc) is 4.20. The van der Waals surface area contributed by atoms with Crippen molar-refractivity contribution in [3.05, 3.63) is 64.7 Å². The highest BCUT2D eigenvalue weighted by Gasteiger charge is 2.46. The number of rotatable bonds is 26. The molecule has 0 saturated carbocycles. The number of benzene rings is 2. The average molecular weight is 1110 g/mol. The summed E-state index contributed by atoms with van der Waals surface area (Å²) in [5.41, 5.74) is 3.61. The first-order valence-electron chi connectivity index (χ1n) is 26.6. The van der Waals surface area contributed by atoms with E-state index < -0.39 is 127 Å². The molecule has 2 fully saturated rings. The number of carboxylic acids is 3. The van der Waals surface area contributed by atoms with E-state index in [1.807, 2.05) is 30.3 Å². The first-order valence-corrected chi connectivity index (χ1v) is 26.6. The number of esters is 1. The zero-order valence-electron chi connectivity index (χ0n) is 44.7. The Kier molecular flexibility index (Phi) is 22.2. The summed E-state index contributed by atoms with van der Waals surface area (Å²) in [4.78, 5) is 148. The van der Waals surface area contributed by atoms with Gasteiger partial charge in [-0.25, -0.2) is 0 Å². The highest BCUT2D eigenvalue weighted by atomic mass is 16.7. The summed E-state index contributed by atoms with van der Waals surface area (Å²) in [6, 6.07) is 7.20. The van der Waals surface area contributed by atoms with E-state index in [2.05, 4.69) is 36.8 Å². The normalized spacial score (nSPS) is 20.8. The maximum Gasteiger partial charge on any atom is 0.317 e. The number of nitrogens with zero attached hydrogens (tertiary/aromatic N) is 4. The molecule has 0 aliphatic carbocycles. The number of carboxylic acid groups (broad SMARTS) is 3. The molecule has 6 rings (SSSR count). The molecular weight excluding hydrogens is 1030 g/mol. The number of aliphatic carboxylic acids is 3. The highest BCUT2D eigenvalue weighted by molar-refractivity contribution is 6.08. The van der Waals surface area contributed by atoms with Gasteiger partial charge < -0.3 is 56.7 Å². The van der Waals surface area contributed by atoms with Crippen LogP contribution in [0.1, 0.15) is 75.1 Å². The Labute approximate surface area is 456 Å². The number of nitrogens with one attached hydrogen (secondary N) is 6. The van der Waals surface area contributed by atoms with E-state index >= 15 is 0 Å². The van der Waals surface area contributed by atoms with Gasteiger partial charge >= 0.3 is 23.9 Å². The first kappa shape index (κ1) is 60.7. The number of para-hydroxylation sites is 1. The molecule has 4 aliphatic heterocycles. The van der Waals surface area contributed by atoms with Gasteiger partial charge in [0.15, 0.2) is 0 Å². The molecule has 79 heavy (non-hydrogen) atoms. The Morgan fingerprint density at radius 2 is 1.33 bits per heavy atom. The smallest absolute Gasteiger partial charge is 0.317 e. The van der Waals surface area contributed by atoms with Crippen LogP contribution in [0.3, 0.4) is 0 Å². The number of amides is 7. The Bertz CT molecular complexity index is 2560. The molecule has 2 unspecified atom stereocenters. The molecular formula is C53H72N10O16. The minimum atomic E-state index is -1.34. The summed E-state index contributed by atoms with van der Waals surface area (Å²) in [7, 11) is 0. The summed E-state index contributed by atoms with van der Waals surface area (Å²) in [6.07, 6.45) is -0.882. The number of hydrogen-bond donors (Lipinski definition) is 9. The molecule has 9 N–H and O–H groups in total. The molecule has 0 spiro atoms. The maximum atomic E-state index is 14.4. The summed E-state index contributed by atoms with van der Waals surface area (Å²) in [5, 5.41) is 43.7. The van der Waals surface area contributed by atoms with Crippen LogP contribution in [0.4, 0.5) is 5.69 Å². The van der Waals surface area contributed by atoms with Crippen LogP contribution in [0.5, 0.6) is 0 Å². The van der Waals surface area contributed by atoms with Crippen molar-refractivity contribution in [1.82, 2.24) is 46.6 Å². The van der Waals surface area contributed by atoms with Crippen molar-refractivity contribution in [2.45, 2.75) is 115 Å². The van der Waals surface area contributed by atoms with Crippen LogP contribution in [0.2, 0.25) is 0 Å². The van der Waals surface area contributed by atoms with E-state index in [9.17, 15) is 68.1 Å². The van der Waals surface area contributed by atoms with Crippen molar-refractivity contribution < 1.29 is 77.5 Å². The second-order valence-corrected chi connectivity index (χ2v) is 20.2. The molecule has 7 amide bonds. The van der Waals surface area contributed by atoms with Gasteiger partial charge in [-0.3, -0.25) is 72.3 Å². The summed E-state index contributed by atoms with van der Waals surface area (Å²) >= 11 is 0. The van der Waals surface area contributed by atoms with Gasteiger partial charge in [0.05, 0.1) is 44.7 Å². The second-order valence-electron chi connectivity index (χ2n) is 20.2. The van der Waals surface area contributed by atoms with Crippen molar-refractivity contribution in [2.24, 2.45) is 5.92 Å². The van der Waals surface area contributed by atoms with E-state index in [0.29, 0.717) is 69.9 Å². The molecule has 4 aliphatic rings. The van der Waals surface area contributed by atoms with Crippen molar-refractivity contribution in [3.8, 4) is 0 Å². The van der Waals surface area contributed by atoms with Crippen molar-refractivity contribution >= 4 is 70.9 Å². The number of cyclic esters (lactones) is 1. The lowest BCUT2D eigenvalue weighted by Gasteiger charge is -2.30. The molecule has 7 atom stereocenters. The third-order valence-corrected chi connectivity index (χ3v) is 14.3. The predicted octanol–water partition coefficient (Wildman–Crippen LogP) is -1.89. The Morgan fingerprint density at radius 3 is 1.95 bits per heavy atom. The monoisotopic (exact) mass is 1100 g/mol. The first-order chi connectivity index (χ1) is 37.7. The summed E-state index contributed by atoms with van der Waals surface area (Å²) < 4.78 is 10.7. The zero-order chi connectivity index (χ0) is 57.3. The third-order valence-electron chi connectivity index (χ3n) is 14.3. The molecule has 430 valence electrons. The van der Waals surface area contributed by atoms with Gasteiger partial charge in [0.2, 0.25) is 47.6 Å². The lowest BCUT2D eigenvalue weighted by atomic mass is 9.97. The molecule has 26 heteroatoms. The van der Waals surface area contributed by atoms with E-state index in [1.165, 1.54) is 4.90 Å². The minimum Gasteiger partial charge on any atom is -0.481 e.